The number of aliphatic carboxylic acids is 1. The Morgan fingerprint density at radius 3 is 2.79 bits per heavy atom. The molecule has 2 N–H and O–H groups in total. The number of hydrogen-bond acceptors (Lipinski definition) is 4. The van der Waals surface area contributed by atoms with Crippen LogP contribution >= 0.6 is 0 Å². The van der Waals surface area contributed by atoms with Crippen LogP contribution in [0.1, 0.15) is 10.4 Å². The first-order valence-electron chi connectivity index (χ1n) is 5.46. The zero-order valence-electron chi connectivity index (χ0n) is 10.3. The van der Waals surface area contributed by atoms with Gasteiger partial charge in [-0.25, -0.2) is 9.18 Å². The lowest BCUT2D eigenvalue weighted by atomic mass is 10.2. The second kappa shape index (κ2) is 7.32. The SMILES string of the molecule is COc1ccc(F)cc1C(=O)NCCOCC(=O)O. The van der Waals surface area contributed by atoms with Crippen molar-refractivity contribution in [3.05, 3.63) is 29.6 Å². The summed E-state index contributed by atoms with van der Waals surface area (Å²) >= 11 is 0. The van der Waals surface area contributed by atoms with Crippen LogP contribution in [0.3, 0.4) is 0 Å². The summed E-state index contributed by atoms with van der Waals surface area (Å²) in [5, 5.41) is 10.8. The molecule has 0 aromatic heterocycles. The van der Waals surface area contributed by atoms with Gasteiger partial charge in [0.1, 0.15) is 18.2 Å². The normalized spacial score (nSPS) is 10.0. The van der Waals surface area contributed by atoms with Crippen LogP contribution in [0.25, 0.3) is 0 Å². The molecule has 1 aromatic rings. The fourth-order valence-electron chi connectivity index (χ4n) is 1.35. The smallest absolute Gasteiger partial charge is 0.329 e. The summed E-state index contributed by atoms with van der Waals surface area (Å²) < 4.78 is 22.7. The summed E-state index contributed by atoms with van der Waals surface area (Å²) in [6.07, 6.45) is 0. The molecule has 0 heterocycles. The standard InChI is InChI=1S/C12H14FNO5/c1-18-10-3-2-8(13)6-9(10)12(17)14-4-5-19-7-11(15)16/h2-3,6H,4-5,7H2,1H3,(H,14,17)(H,15,16). The van der Waals surface area contributed by atoms with Gasteiger partial charge in [0.25, 0.3) is 5.91 Å². The van der Waals surface area contributed by atoms with Gasteiger partial charge < -0.3 is 19.9 Å². The molecular formula is C12H14FNO5. The van der Waals surface area contributed by atoms with E-state index < -0.39 is 24.3 Å². The van der Waals surface area contributed by atoms with E-state index in [0.29, 0.717) is 0 Å². The highest BCUT2D eigenvalue weighted by atomic mass is 19.1. The molecule has 0 saturated carbocycles. The lowest BCUT2D eigenvalue weighted by Crippen LogP contribution is -2.28. The second-order valence-electron chi connectivity index (χ2n) is 3.55. The van der Waals surface area contributed by atoms with E-state index in [2.05, 4.69) is 5.32 Å². The highest BCUT2D eigenvalue weighted by molar-refractivity contribution is 5.96. The first-order chi connectivity index (χ1) is 9.04. The molecule has 1 amide bonds. The first-order valence-corrected chi connectivity index (χ1v) is 5.46. The van der Waals surface area contributed by atoms with E-state index in [4.69, 9.17) is 14.6 Å². The van der Waals surface area contributed by atoms with Gasteiger partial charge in [-0.05, 0) is 18.2 Å². The van der Waals surface area contributed by atoms with Gasteiger partial charge in [0.15, 0.2) is 0 Å². The van der Waals surface area contributed by atoms with Gasteiger partial charge in [0, 0.05) is 6.54 Å². The Hall–Kier alpha value is -2.15. The summed E-state index contributed by atoms with van der Waals surface area (Å²) in [7, 11) is 1.37. The number of methoxy groups -OCH3 is 1. The number of ether oxygens (including phenoxy) is 2. The number of halogens is 1. The second-order valence-corrected chi connectivity index (χ2v) is 3.55. The summed E-state index contributed by atoms with van der Waals surface area (Å²) in [5.41, 5.74) is 0.0701. The number of benzene rings is 1. The van der Waals surface area contributed by atoms with Gasteiger partial charge in [-0.15, -0.1) is 0 Å². The number of hydrogen-bond donors (Lipinski definition) is 2. The number of carboxylic acids is 1. The maximum atomic E-state index is 13.1. The van der Waals surface area contributed by atoms with E-state index in [1.807, 2.05) is 0 Å². The average molecular weight is 271 g/mol. The predicted octanol–water partition coefficient (Wildman–Crippen LogP) is 0.665. The molecule has 0 atom stereocenters. The lowest BCUT2D eigenvalue weighted by molar-refractivity contribution is -0.142. The van der Waals surface area contributed by atoms with Gasteiger partial charge in [-0.3, -0.25) is 4.79 Å². The van der Waals surface area contributed by atoms with E-state index >= 15 is 0 Å². The highest BCUT2D eigenvalue weighted by Crippen LogP contribution is 2.18. The molecule has 104 valence electrons. The molecule has 6 nitrogen and oxygen atoms in total. The first kappa shape index (κ1) is 14.9. The molecule has 0 radical (unpaired) electrons. The molecule has 0 aliphatic carbocycles. The maximum Gasteiger partial charge on any atom is 0.329 e. The minimum absolute atomic E-state index is 0.0513. The Labute approximate surface area is 109 Å². The summed E-state index contributed by atoms with van der Waals surface area (Å²) in [6.45, 7) is -0.263. The molecule has 0 saturated heterocycles. The van der Waals surface area contributed by atoms with Crippen LogP contribution in [0.15, 0.2) is 18.2 Å². The largest absolute Gasteiger partial charge is 0.496 e. The van der Waals surface area contributed by atoms with Gasteiger partial charge in [-0.2, -0.15) is 0 Å². The van der Waals surface area contributed by atoms with Crippen LogP contribution in [-0.2, 0) is 9.53 Å². The Morgan fingerprint density at radius 1 is 1.42 bits per heavy atom. The minimum Gasteiger partial charge on any atom is -0.496 e. The quantitative estimate of drug-likeness (QED) is 0.712. The van der Waals surface area contributed by atoms with Crippen LogP contribution in [-0.4, -0.2) is 43.9 Å². The molecule has 0 bridgehead atoms. The van der Waals surface area contributed by atoms with Crippen molar-refractivity contribution in [1.82, 2.24) is 5.32 Å². The Kier molecular flexibility index (Phi) is 5.74. The highest BCUT2D eigenvalue weighted by Gasteiger charge is 2.12. The van der Waals surface area contributed by atoms with Crippen molar-refractivity contribution in [2.24, 2.45) is 0 Å². The molecule has 0 spiro atoms. The van der Waals surface area contributed by atoms with Crippen LogP contribution in [0.5, 0.6) is 5.75 Å². The molecule has 0 fully saturated rings. The van der Waals surface area contributed by atoms with Crippen molar-refractivity contribution >= 4 is 11.9 Å². The average Bonchev–Trinajstić information content (AvgIpc) is 2.37. The third-order valence-electron chi connectivity index (χ3n) is 2.16. The van der Waals surface area contributed by atoms with E-state index in [1.54, 1.807) is 0 Å². The van der Waals surface area contributed by atoms with Crippen LogP contribution in [0.2, 0.25) is 0 Å². The minimum atomic E-state index is -1.09. The van der Waals surface area contributed by atoms with Crippen LogP contribution < -0.4 is 10.1 Å². The fraction of sp³-hybridized carbons (Fsp3) is 0.333. The van der Waals surface area contributed by atoms with Crippen molar-refractivity contribution in [2.45, 2.75) is 0 Å². The van der Waals surface area contributed by atoms with Crippen molar-refractivity contribution in [1.29, 1.82) is 0 Å². The number of carboxylic acid groups (broad SMARTS) is 1. The summed E-state index contributed by atoms with van der Waals surface area (Å²) in [6, 6.07) is 3.60. The van der Waals surface area contributed by atoms with Crippen molar-refractivity contribution in [3.8, 4) is 5.75 Å². The zero-order valence-corrected chi connectivity index (χ0v) is 10.3. The van der Waals surface area contributed by atoms with Gasteiger partial charge >= 0.3 is 5.97 Å². The molecule has 19 heavy (non-hydrogen) atoms. The van der Waals surface area contributed by atoms with Crippen molar-refractivity contribution < 1.29 is 28.6 Å². The maximum absolute atomic E-state index is 13.1. The van der Waals surface area contributed by atoms with E-state index in [-0.39, 0.29) is 24.5 Å². The molecule has 0 aliphatic rings. The third-order valence-corrected chi connectivity index (χ3v) is 2.16. The number of rotatable bonds is 7. The summed E-state index contributed by atoms with van der Waals surface area (Å²) in [4.78, 5) is 21.9. The van der Waals surface area contributed by atoms with Crippen molar-refractivity contribution in [2.75, 3.05) is 26.9 Å². The number of nitrogens with one attached hydrogen (secondary N) is 1. The van der Waals surface area contributed by atoms with Gasteiger partial charge in [0.05, 0.1) is 19.3 Å². The fourth-order valence-corrected chi connectivity index (χ4v) is 1.35. The Bertz CT molecular complexity index is 463. The molecule has 0 aliphatic heterocycles. The van der Waals surface area contributed by atoms with Crippen LogP contribution in [0, 0.1) is 5.82 Å². The lowest BCUT2D eigenvalue weighted by Gasteiger charge is -2.09. The molecule has 0 unspecified atom stereocenters. The zero-order chi connectivity index (χ0) is 14.3. The topological polar surface area (TPSA) is 84.9 Å². The van der Waals surface area contributed by atoms with E-state index in [0.717, 1.165) is 6.07 Å². The third kappa shape index (κ3) is 4.92. The predicted molar refractivity (Wildman–Crippen MR) is 63.7 cm³/mol. The number of carbonyl (C=O) groups excluding carboxylic acids is 1. The van der Waals surface area contributed by atoms with Gasteiger partial charge in [-0.1, -0.05) is 0 Å². The van der Waals surface area contributed by atoms with Crippen molar-refractivity contribution in [3.63, 3.8) is 0 Å². The monoisotopic (exact) mass is 271 g/mol. The molecular weight excluding hydrogens is 257 g/mol. The number of amides is 1. The van der Waals surface area contributed by atoms with Crippen LogP contribution in [0.4, 0.5) is 4.39 Å². The molecule has 1 rings (SSSR count). The number of carbonyl (C=O) groups is 2. The summed E-state index contributed by atoms with van der Waals surface area (Å²) in [5.74, 6) is -1.90. The van der Waals surface area contributed by atoms with E-state index in [9.17, 15) is 14.0 Å². The molecule has 1 aromatic carbocycles. The Balaban J connectivity index is 2.49. The van der Waals surface area contributed by atoms with E-state index in [1.165, 1.54) is 19.2 Å². The molecule has 7 heteroatoms. The Morgan fingerprint density at radius 2 is 2.16 bits per heavy atom. The van der Waals surface area contributed by atoms with Gasteiger partial charge in [0.2, 0.25) is 0 Å².